The van der Waals surface area contributed by atoms with Crippen LogP contribution < -0.4 is 9.54 Å². The molecule has 0 aliphatic carbocycles. The van der Waals surface area contributed by atoms with Gasteiger partial charge in [0, 0.05) is 12.6 Å². The molecule has 0 spiro atoms. The van der Waals surface area contributed by atoms with E-state index < -0.39 is 5.91 Å². The molecule has 0 aliphatic rings. The molecule has 6 nitrogen and oxygen atoms in total. The van der Waals surface area contributed by atoms with E-state index in [0.717, 1.165) is 16.0 Å². The van der Waals surface area contributed by atoms with Crippen LogP contribution in [0.3, 0.4) is 0 Å². The van der Waals surface area contributed by atoms with Crippen LogP contribution in [0.2, 0.25) is 0 Å². The number of ether oxygens (including phenoxy) is 1. The third-order valence-corrected chi connectivity index (χ3v) is 4.36. The number of aryl methyl sites for hydroxylation is 1. The van der Waals surface area contributed by atoms with Crippen LogP contribution in [0.25, 0.3) is 10.2 Å². The van der Waals surface area contributed by atoms with E-state index in [1.807, 2.05) is 29.7 Å². The van der Waals surface area contributed by atoms with E-state index in [2.05, 4.69) is 16.7 Å². The Morgan fingerprint density at radius 3 is 3.00 bits per heavy atom. The number of rotatable bonds is 5. The molecular formula is C17H17N3O3S. The highest BCUT2D eigenvalue weighted by Crippen LogP contribution is 2.23. The molecule has 3 aromatic rings. The Balaban J connectivity index is 2.11. The fraction of sp³-hybridized carbons (Fsp3) is 0.235. The van der Waals surface area contributed by atoms with Crippen LogP contribution in [-0.2, 0) is 6.54 Å². The number of nitrogens with zero attached hydrogens (tertiary/aromatic N) is 3. The lowest BCUT2D eigenvalue weighted by atomic mass is 10.3. The maximum atomic E-state index is 12.3. The summed E-state index contributed by atoms with van der Waals surface area (Å²) >= 11 is 1.42. The highest BCUT2D eigenvalue weighted by molar-refractivity contribution is 7.16. The smallest absolute Gasteiger partial charge is 0.301 e. The van der Waals surface area contributed by atoms with Crippen LogP contribution in [-0.4, -0.2) is 22.2 Å². The maximum Gasteiger partial charge on any atom is 0.301 e. The summed E-state index contributed by atoms with van der Waals surface area (Å²) in [6.45, 7) is 8.60. The van der Waals surface area contributed by atoms with Gasteiger partial charge in [0.05, 0.1) is 16.8 Å². The molecule has 0 bridgehead atoms. The normalized spacial score (nSPS) is 11.8. The lowest BCUT2D eigenvalue weighted by molar-refractivity contribution is 0.0989. The zero-order valence-corrected chi connectivity index (χ0v) is 14.3. The molecule has 0 unspecified atom stereocenters. The molecule has 0 fully saturated rings. The lowest BCUT2D eigenvalue weighted by Crippen LogP contribution is -2.16. The molecule has 124 valence electrons. The average Bonchev–Trinajstić information content (AvgIpc) is 3.12. The summed E-state index contributed by atoms with van der Waals surface area (Å²) < 4.78 is 13.4. The van der Waals surface area contributed by atoms with Crippen molar-refractivity contribution in [3.05, 3.63) is 53.2 Å². The maximum absolute atomic E-state index is 12.3. The average molecular weight is 343 g/mol. The van der Waals surface area contributed by atoms with Crippen LogP contribution in [0, 0.1) is 6.92 Å². The van der Waals surface area contributed by atoms with Crippen molar-refractivity contribution in [2.24, 2.45) is 4.99 Å². The van der Waals surface area contributed by atoms with E-state index in [9.17, 15) is 4.79 Å². The Morgan fingerprint density at radius 1 is 1.50 bits per heavy atom. The Bertz CT molecular complexity index is 965. The van der Waals surface area contributed by atoms with Crippen LogP contribution in [0.5, 0.6) is 5.75 Å². The molecule has 2 aromatic heterocycles. The van der Waals surface area contributed by atoms with Crippen molar-refractivity contribution >= 4 is 27.5 Å². The van der Waals surface area contributed by atoms with Gasteiger partial charge in [-0.15, -0.1) is 6.58 Å². The van der Waals surface area contributed by atoms with Crippen molar-refractivity contribution in [1.29, 1.82) is 0 Å². The topological polar surface area (TPSA) is 69.6 Å². The molecule has 0 aliphatic heterocycles. The molecule has 1 aromatic carbocycles. The van der Waals surface area contributed by atoms with Gasteiger partial charge >= 0.3 is 5.91 Å². The Hall–Kier alpha value is -2.67. The second-order valence-electron chi connectivity index (χ2n) is 5.09. The minimum Gasteiger partial charge on any atom is -0.494 e. The number of hydrogen-bond donors (Lipinski definition) is 0. The fourth-order valence-corrected chi connectivity index (χ4v) is 3.38. The van der Waals surface area contributed by atoms with Crippen LogP contribution >= 0.6 is 11.3 Å². The summed E-state index contributed by atoms with van der Waals surface area (Å²) in [5.74, 6) is 0.938. The Labute approximate surface area is 142 Å². The highest BCUT2D eigenvalue weighted by atomic mass is 32.1. The van der Waals surface area contributed by atoms with E-state index in [1.165, 1.54) is 11.3 Å². The summed E-state index contributed by atoms with van der Waals surface area (Å²) in [6, 6.07) is 7.39. The zero-order chi connectivity index (χ0) is 17.1. The summed E-state index contributed by atoms with van der Waals surface area (Å²) in [7, 11) is 0. The van der Waals surface area contributed by atoms with E-state index in [1.54, 1.807) is 19.1 Å². The first-order valence-electron chi connectivity index (χ1n) is 7.52. The van der Waals surface area contributed by atoms with Gasteiger partial charge in [0.1, 0.15) is 11.5 Å². The van der Waals surface area contributed by atoms with Crippen LogP contribution in [0.15, 0.2) is 46.4 Å². The predicted octanol–water partition coefficient (Wildman–Crippen LogP) is 3.33. The molecule has 3 rings (SSSR count). The summed E-state index contributed by atoms with van der Waals surface area (Å²) in [5.41, 5.74) is 1.18. The summed E-state index contributed by atoms with van der Waals surface area (Å²) in [4.78, 5) is 17.1. The van der Waals surface area contributed by atoms with Gasteiger partial charge in [0.2, 0.25) is 0 Å². The molecule has 0 atom stereocenters. The Kier molecular flexibility index (Phi) is 4.61. The quantitative estimate of drug-likeness (QED) is 0.666. The van der Waals surface area contributed by atoms with Gasteiger partial charge in [-0.3, -0.25) is 4.79 Å². The van der Waals surface area contributed by atoms with Gasteiger partial charge in [-0.05, 0) is 32.0 Å². The second-order valence-corrected chi connectivity index (χ2v) is 6.10. The SMILES string of the molecule is C=CCn1c(=NC(=O)c2cc(C)on2)sc2cc(OCC)ccc21. The first-order valence-corrected chi connectivity index (χ1v) is 8.33. The van der Waals surface area contributed by atoms with E-state index in [4.69, 9.17) is 9.26 Å². The van der Waals surface area contributed by atoms with Gasteiger partial charge in [-0.2, -0.15) is 4.99 Å². The van der Waals surface area contributed by atoms with E-state index >= 15 is 0 Å². The molecule has 0 saturated heterocycles. The fourth-order valence-electron chi connectivity index (χ4n) is 2.31. The predicted molar refractivity (Wildman–Crippen MR) is 92.3 cm³/mol. The molecule has 0 N–H and O–H groups in total. The van der Waals surface area contributed by atoms with E-state index in [0.29, 0.717) is 23.7 Å². The number of fused-ring (bicyclic) bond motifs is 1. The minimum atomic E-state index is -0.429. The number of carbonyl (C=O) groups is 1. The number of carbonyl (C=O) groups excluding carboxylic acids is 1. The number of amides is 1. The highest BCUT2D eigenvalue weighted by Gasteiger charge is 2.12. The van der Waals surface area contributed by atoms with Crippen molar-refractivity contribution < 1.29 is 14.1 Å². The lowest BCUT2D eigenvalue weighted by Gasteiger charge is -2.04. The van der Waals surface area contributed by atoms with Crippen LogP contribution in [0.4, 0.5) is 0 Å². The van der Waals surface area contributed by atoms with Gasteiger partial charge < -0.3 is 13.8 Å². The molecule has 7 heteroatoms. The minimum absolute atomic E-state index is 0.199. The van der Waals surface area contributed by atoms with Crippen LogP contribution in [0.1, 0.15) is 23.2 Å². The van der Waals surface area contributed by atoms with Crippen molar-refractivity contribution in [1.82, 2.24) is 9.72 Å². The molecule has 0 saturated carbocycles. The van der Waals surface area contributed by atoms with Crippen molar-refractivity contribution in [2.45, 2.75) is 20.4 Å². The zero-order valence-electron chi connectivity index (χ0n) is 13.5. The molecule has 0 radical (unpaired) electrons. The number of aromatic nitrogens is 2. The first-order chi connectivity index (χ1) is 11.6. The van der Waals surface area contributed by atoms with Crippen molar-refractivity contribution in [2.75, 3.05) is 6.61 Å². The molecule has 1 amide bonds. The second kappa shape index (κ2) is 6.84. The number of allylic oxidation sites excluding steroid dienone is 1. The first kappa shape index (κ1) is 16.2. The summed E-state index contributed by atoms with van der Waals surface area (Å²) in [5, 5.41) is 3.72. The number of hydrogen-bond acceptors (Lipinski definition) is 5. The standard InChI is InChI=1S/C17H17N3O3S/c1-4-8-20-14-7-6-12(22-5-2)10-15(14)24-17(20)18-16(21)13-9-11(3)23-19-13/h4,6-7,9-10H,1,5,8H2,2-3H3. The molecule has 24 heavy (non-hydrogen) atoms. The van der Waals surface area contributed by atoms with Crippen molar-refractivity contribution in [3.8, 4) is 5.75 Å². The Morgan fingerprint density at radius 2 is 2.33 bits per heavy atom. The third kappa shape index (κ3) is 3.16. The molecule has 2 heterocycles. The molecular weight excluding hydrogens is 326 g/mol. The van der Waals surface area contributed by atoms with Gasteiger partial charge in [-0.1, -0.05) is 22.6 Å². The van der Waals surface area contributed by atoms with Gasteiger partial charge in [-0.25, -0.2) is 0 Å². The van der Waals surface area contributed by atoms with Gasteiger partial charge in [0.15, 0.2) is 10.5 Å². The number of benzene rings is 1. The van der Waals surface area contributed by atoms with Gasteiger partial charge in [0.25, 0.3) is 0 Å². The van der Waals surface area contributed by atoms with E-state index in [-0.39, 0.29) is 5.69 Å². The number of thiazole rings is 1. The monoisotopic (exact) mass is 343 g/mol. The third-order valence-electron chi connectivity index (χ3n) is 3.32. The largest absolute Gasteiger partial charge is 0.494 e. The summed E-state index contributed by atoms with van der Waals surface area (Å²) in [6.07, 6.45) is 1.77. The van der Waals surface area contributed by atoms with Crippen molar-refractivity contribution in [3.63, 3.8) is 0 Å².